The fraction of sp³-hybridized carbons (Fsp3) is 0.174. The van der Waals surface area contributed by atoms with Crippen LogP contribution in [0.15, 0.2) is 64.0 Å². The van der Waals surface area contributed by atoms with Crippen molar-refractivity contribution in [2.45, 2.75) is 13.0 Å². The van der Waals surface area contributed by atoms with E-state index in [4.69, 9.17) is 21.3 Å². The minimum Gasteiger partial charge on any atom is -0.462 e. The number of rotatable bonds is 8. The summed E-state index contributed by atoms with van der Waals surface area (Å²) >= 11 is 0. The van der Waals surface area contributed by atoms with Gasteiger partial charge in [-0.1, -0.05) is 36.4 Å². The lowest BCUT2D eigenvalue weighted by atomic mass is 10.0. The van der Waals surface area contributed by atoms with E-state index in [2.05, 4.69) is 10.7 Å². The van der Waals surface area contributed by atoms with Gasteiger partial charge in [0.05, 0.1) is 12.0 Å². The van der Waals surface area contributed by atoms with Crippen molar-refractivity contribution in [3.05, 3.63) is 81.7 Å². The number of nitrogen functional groups attached to an aromatic ring is 2. The number of amides is 1. The smallest absolute Gasteiger partial charge is 0.224 e. The lowest BCUT2D eigenvalue weighted by Crippen LogP contribution is -2.30. The van der Waals surface area contributed by atoms with Gasteiger partial charge in [-0.2, -0.15) is 0 Å². The zero-order valence-corrected chi connectivity index (χ0v) is 17.9. The number of anilines is 2. The lowest BCUT2D eigenvalue weighted by Gasteiger charge is -2.15. The van der Waals surface area contributed by atoms with Gasteiger partial charge in [-0.15, -0.1) is 0 Å². The number of hydrogen-bond acceptors (Lipinski definition) is 7. The standard InChI is InChI=1S/C23H26N6O3/c1-29(2)28-19-13-32-22(16-4-3-5-17(24)10-16)18(21(19)31)11-20(30)27-12-14-6-8-15(9-7-14)23(25)26/h3-10,13,28H,11-12,24H2,1-2H3,(H3,25,26)(H,27,30). The Labute approximate surface area is 185 Å². The van der Waals surface area contributed by atoms with Crippen LogP contribution in [0.2, 0.25) is 0 Å². The van der Waals surface area contributed by atoms with E-state index in [0.29, 0.717) is 22.6 Å². The topological polar surface area (TPSA) is 150 Å². The molecule has 0 aliphatic heterocycles. The SMILES string of the molecule is CN(C)Nc1coc(-c2cccc(N)c2)c(CC(=O)NCc2ccc(C(=N)N)cc2)c1=O. The van der Waals surface area contributed by atoms with Crippen molar-refractivity contribution >= 4 is 23.1 Å². The van der Waals surface area contributed by atoms with Crippen molar-refractivity contribution in [3.63, 3.8) is 0 Å². The Morgan fingerprint density at radius 3 is 2.50 bits per heavy atom. The van der Waals surface area contributed by atoms with Gasteiger partial charge < -0.3 is 26.6 Å². The van der Waals surface area contributed by atoms with E-state index < -0.39 is 0 Å². The quantitative estimate of drug-likeness (QED) is 0.157. The second kappa shape index (κ2) is 9.80. The molecule has 7 N–H and O–H groups in total. The first-order valence-corrected chi connectivity index (χ1v) is 9.89. The lowest BCUT2D eigenvalue weighted by molar-refractivity contribution is -0.120. The molecule has 1 amide bonds. The van der Waals surface area contributed by atoms with Gasteiger partial charge in [-0.25, -0.2) is 5.01 Å². The van der Waals surface area contributed by atoms with Crippen molar-refractivity contribution in [1.82, 2.24) is 10.3 Å². The molecule has 0 aliphatic carbocycles. The molecule has 1 aromatic heterocycles. The summed E-state index contributed by atoms with van der Waals surface area (Å²) < 4.78 is 5.75. The predicted molar refractivity (Wildman–Crippen MR) is 125 cm³/mol. The summed E-state index contributed by atoms with van der Waals surface area (Å²) in [5.74, 6) is -0.0553. The molecule has 0 unspecified atom stereocenters. The number of hydrazine groups is 1. The van der Waals surface area contributed by atoms with E-state index in [1.165, 1.54) is 6.26 Å². The number of amidine groups is 1. The number of benzene rings is 2. The van der Waals surface area contributed by atoms with Crippen molar-refractivity contribution in [3.8, 4) is 11.3 Å². The molecule has 3 aromatic rings. The molecule has 9 nitrogen and oxygen atoms in total. The maximum atomic E-state index is 13.1. The summed E-state index contributed by atoms with van der Waals surface area (Å²) in [4.78, 5) is 25.8. The molecule has 0 aliphatic rings. The molecule has 166 valence electrons. The molecule has 3 rings (SSSR count). The van der Waals surface area contributed by atoms with Crippen molar-refractivity contribution in [2.24, 2.45) is 5.73 Å². The molecule has 32 heavy (non-hydrogen) atoms. The van der Waals surface area contributed by atoms with Crippen LogP contribution in [0, 0.1) is 5.41 Å². The van der Waals surface area contributed by atoms with Gasteiger partial charge >= 0.3 is 0 Å². The molecular weight excluding hydrogens is 408 g/mol. The van der Waals surface area contributed by atoms with Crippen molar-refractivity contribution < 1.29 is 9.21 Å². The molecule has 0 saturated heterocycles. The third-order valence-electron chi connectivity index (χ3n) is 4.67. The molecule has 0 radical (unpaired) electrons. The molecule has 9 heteroatoms. The van der Waals surface area contributed by atoms with Crippen molar-refractivity contribution in [1.29, 1.82) is 5.41 Å². The van der Waals surface area contributed by atoms with E-state index in [9.17, 15) is 9.59 Å². The van der Waals surface area contributed by atoms with Gasteiger partial charge in [-0.3, -0.25) is 15.0 Å². The van der Waals surface area contributed by atoms with Gasteiger partial charge in [0.15, 0.2) is 0 Å². The van der Waals surface area contributed by atoms with Gasteiger partial charge in [0.25, 0.3) is 0 Å². The van der Waals surface area contributed by atoms with Gasteiger partial charge in [0.2, 0.25) is 11.3 Å². The highest BCUT2D eigenvalue weighted by molar-refractivity contribution is 5.94. The Morgan fingerprint density at radius 1 is 1.16 bits per heavy atom. The monoisotopic (exact) mass is 434 g/mol. The molecule has 0 bridgehead atoms. The molecule has 0 saturated carbocycles. The fourth-order valence-electron chi connectivity index (χ4n) is 3.13. The zero-order valence-electron chi connectivity index (χ0n) is 17.9. The van der Waals surface area contributed by atoms with Crippen LogP contribution in [-0.2, 0) is 17.8 Å². The first kappa shape index (κ1) is 22.6. The average Bonchev–Trinajstić information content (AvgIpc) is 2.75. The molecule has 1 heterocycles. The van der Waals surface area contributed by atoms with Gasteiger partial charge in [-0.05, 0) is 17.7 Å². The summed E-state index contributed by atoms with van der Waals surface area (Å²) in [6.07, 6.45) is 1.17. The molecule has 0 atom stereocenters. The molecule has 2 aromatic carbocycles. The number of carbonyl (C=O) groups is 1. The van der Waals surface area contributed by atoms with Crippen LogP contribution in [0.5, 0.6) is 0 Å². The van der Waals surface area contributed by atoms with Crippen LogP contribution in [0.4, 0.5) is 11.4 Å². The minimum atomic E-state index is -0.333. The van der Waals surface area contributed by atoms with E-state index in [0.717, 1.165) is 5.56 Å². The van der Waals surface area contributed by atoms with E-state index in [1.807, 2.05) is 0 Å². The summed E-state index contributed by atoms with van der Waals surface area (Å²) in [6.45, 7) is 0.269. The predicted octanol–water partition coefficient (Wildman–Crippen LogP) is 1.92. The number of nitrogens with two attached hydrogens (primary N) is 2. The Kier molecular flexibility index (Phi) is 6.91. The summed E-state index contributed by atoms with van der Waals surface area (Å²) in [6, 6.07) is 13.9. The van der Waals surface area contributed by atoms with Crippen LogP contribution < -0.4 is 27.6 Å². The highest BCUT2D eigenvalue weighted by atomic mass is 16.3. The van der Waals surface area contributed by atoms with Crippen LogP contribution in [-0.4, -0.2) is 30.8 Å². The number of nitrogens with zero attached hydrogens (tertiary/aromatic N) is 1. The summed E-state index contributed by atoms with van der Waals surface area (Å²) in [5, 5.41) is 11.9. The summed E-state index contributed by atoms with van der Waals surface area (Å²) in [5.41, 5.74) is 16.9. The maximum Gasteiger partial charge on any atom is 0.224 e. The van der Waals surface area contributed by atoms with Crippen LogP contribution >= 0.6 is 0 Å². The normalized spacial score (nSPS) is 10.7. The van der Waals surface area contributed by atoms with Gasteiger partial charge in [0.1, 0.15) is 23.5 Å². The third kappa shape index (κ3) is 5.52. The number of carbonyl (C=O) groups excluding carboxylic acids is 1. The van der Waals surface area contributed by atoms with Gasteiger partial charge in [0, 0.05) is 37.5 Å². The Morgan fingerprint density at radius 2 is 1.88 bits per heavy atom. The first-order valence-electron chi connectivity index (χ1n) is 9.89. The zero-order chi connectivity index (χ0) is 23.3. The fourth-order valence-corrected chi connectivity index (χ4v) is 3.13. The van der Waals surface area contributed by atoms with E-state index in [-0.39, 0.29) is 41.4 Å². The minimum absolute atomic E-state index is 0.0207. The van der Waals surface area contributed by atoms with E-state index >= 15 is 0 Å². The van der Waals surface area contributed by atoms with Crippen LogP contribution in [0.1, 0.15) is 16.7 Å². The third-order valence-corrected chi connectivity index (χ3v) is 4.67. The average molecular weight is 435 g/mol. The Balaban J connectivity index is 1.84. The Hall–Kier alpha value is -4.11. The van der Waals surface area contributed by atoms with Crippen molar-refractivity contribution in [2.75, 3.05) is 25.3 Å². The second-order valence-corrected chi connectivity index (χ2v) is 7.48. The summed E-state index contributed by atoms with van der Waals surface area (Å²) in [7, 11) is 3.49. The number of hydrogen-bond donors (Lipinski definition) is 5. The Bertz CT molecular complexity index is 1190. The molecule has 0 spiro atoms. The molecule has 0 fully saturated rings. The first-order chi connectivity index (χ1) is 15.2. The van der Waals surface area contributed by atoms with Crippen LogP contribution in [0.25, 0.3) is 11.3 Å². The van der Waals surface area contributed by atoms with E-state index in [1.54, 1.807) is 67.6 Å². The van der Waals surface area contributed by atoms with Crippen LogP contribution in [0.3, 0.4) is 0 Å². The molecular formula is C23H26N6O3. The highest BCUT2D eigenvalue weighted by Crippen LogP contribution is 2.25. The number of nitrogens with one attached hydrogen (secondary N) is 3. The second-order valence-electron chi connectivity index (χ2n) is 7.48. The largest absolute Gasteiger partial charge is 0.462 e. The maximum absolute atomic E-state index is 13.1. The highest BCUT2D eigenvalue weighted by Gasteiger charge is 2.19.